The number of esters is 2. The highest BCUT2D eigenvalue weighted by Crippen LogP contribution is 2.43. The maximum absolute atomic E-state index is 12.8. The van der Waals surface area contributed by atoms with Crippen LogP contribution in [0.15, 0.2) is 97.2 Å². The normalized spacial score (nSPS) is 14.0. The first kappa shape index (κ1) is 68.9. The summed E-state index contributed by atoms with van der Waals surface area (Å²) in [4.78, 5) is 35.7. The second kappa shape index (κ2) is 52.8. The molecule has 0 heterocycles. The highest BCUT2D eigenvalue weighted by molar-refractivity contribution is 7.47. The first-order valence-electron chi connectivity index (χ1n) is 29.0. The fourth-order valence-electron chi connectivity index (χ4n) is 7.70. The largest absolute Gasteiger partial charge is 0.472 e. The summed E-state index contributed by atoms with van der Waals surface area (Å²) >= 11 is 0. The molecular formula is C62H109NO8P+. The van der Waals surface area contributed by atoms with Crippen LogP contribution in [0.25, 0.3) is 0 Å². The maximum Gasteiger partial charge on any atom is 0.472 e. The van der Waals surface area contributed by atoms with Crippen molar-refractivity contribution in [3.63, 3.8) is 0 Å². The summed E-state index contributed by atoms with van der Waals surface area (Å²) in [5.74, 6) is -0.814. The lowest BCUT2D eigenvalue weighted by Crippen LogP contribution is -2.37. The summed E-state index contributed by atoms with van der Waals surface area (Å²) in [7, 11) is 1.46. The Hall–Kier alpha value is -3.07. The molecule has 1 N–H and O–H groups in total. The summed E-state index contributed by atoms with van der Waals surface area (Å²) < 4.78 is 34.6. The Balaban J connectivity index is 4.15. The van der Waals surface area contributed by atoms with E-state index in [1.807, 2.05) is 21.1 Å². The molecule has 2 atom stereocenters. The molecule has 0 amide bonds. The molecule has 0 aromatic rings. The maximum atomic E-state index is 12.8. The van der Waals surface area contributed by atoms with Crippen molar-refractivity contribution in [2.45, 2.75) is 238 Å². The molecule has 0 saturated heterocycles. The van der Waals surface area contributed by atoms with Crippen LogP contribution >= 0.6 is 7.82 Å². The van der Waals surface area contributed by atoms with Crippen LogP contribution < -0.4 is 0 Å². The number of carbonyl (C=O) groups excluding carboxylic acids is 2. The van der Waals surface area contributed by atoms with Gasteiger partial charge in [-0.15, -0.1) is 0 Å². The molecule has 414 valence electrons. The average molecular weight is 1030 g/mol. The Morgan fingerprint density at radius 1 is 0.431 bits per heavy atom. The third-order valence-electron chi connectivity index (χ3n) is 12.1. The van der Waals surface area contributed by atoms with Gasteiger partial charge in [0.15, 0.2) is 6.10 Å². The van der Waals surface area contributed by atoms with E-state index in [9.17, 15) is 19.0 Å². The van der Waals surface area contributed by atoms with E-state index in [1.165, 1.54) is 89.9 Å². The van der Waals surface area contributed by atoms with E-state index in [1.54, 1.807) is 0 Å². The fraction of sp³-hybridized carbons (Fsp3) is 0.710. The van der Waals surface area contributed by atoms with Crippen LogP contribution in [0.3, 0.4) is 0 Å². The number of ether oxygens (including phenoxy) is 2. The third kappa shape index (κ3) is 56.2. The van der Waals surface area contributed by atoms with Crippen LogP contribution in [0.4, 0.5) is 0 Å². The van der Waals surface area contributed by atoms with E-state index in [2.05, 4.69) is 111 Å². The van der Waals surface area contributed by atoms with Gasteiger partial charge in [0.2, 0.25) is 0 Å². The van der Waals surface area contributed by atoms with Gasteiger partial charge in [-0.25, -0.2) is 4.57 Å². The van der Waals surface area contributed by atoms with Gasteiger partial charge in [0.05, 0.1) is 27.7 Å². The molecule has 0 fully saturated rings. The summed E-state index contributed by atoms with van der Waals surface area (Å²) in [6, 6.07) is 0. The molecule has 0 saturated carbocycles. The lowest BCUT2D eigenvalue weighted by Gasteiger charge is -2.24. The molecule has 2 unspecified atom stereocenters. The van der Waals surface area contributed by atoms with Gasteiger partial charge in [-0.1, -0.05) is 227 Å². The van der Waals surface area contributed by atoms with Crippen molar-refractivity contribution in [2.24, 2.45) is 0 Å². The smallest absolute Gasteiger partial charge is 0.462 e. The van der Waals surface area contributed by atoms with Crippen molar-refractivity contribution in [3.05, 3.63) is 97.2 Å². The molecule has 72 heavy (non-hydrogen) atoms. The Bertz CT molecular complexity index is 1540. The summed E-state index contributed by atoms with van der Waals surface area (Å²) in [6.45, 7) is 4.20. The summed E-state index contributed by atoms with van der Waals surface area (Å²) in [6.07, 6.45) is 71.9. The molecule has 0 aliphatic carbocycles. The van der Waals surface area contributed by atoms with Gasteiger partial charge in [0, 0.05) is 12.8 Å². The van der Waals surface area contributed by atoms with Crippen LogP contribution in [-0.4, -0.2) is 74.9 Å². The second-order valence-corrected chi connectivity index (χ2v) is 21.7. The number of phosphoric acid groups is 1. The fourth-order valence-corrected chi connectivity index (χ4v) is 8.45. The van der Waals surface area contributed by atoms with Gasteiger partial charge in [0.1, 0.15) is 19.8 Å². The summed E-state index contributed by atoms with van der Waals surface area (Å²) in [5.41, 5.74) is 0. The van der Waals surface area contributed by atoms with Crippen LogP contribution in [-0.2, 0) is 32.7 Å². The minimum Gasteiger partial charge on any atom is -0.462 e. The van der Waals surface area contributed by atoms with Gasteiger partial charge >= 0.3 is 19.8 Å². The number of phosphoric ester groups is 1. The van der Waals surface area contributed by atoms with Crippen molar-refractivity contribution in [2.75, 3.05) is 47.5 Å². The molecule has 0 radical (unpaired) electrons. The molecule has 0 aliphatic rings. The number of hydrogen-bond donors (Lipinski definition) is 1. The van der Waals surface area contributed by atoms with Gasteiger partial charge in [-0.2, -0.15) is 0 Å². The topological polar surface area (TPSA) is 108 Å². The number of hydrogen-bond acceptors (Lipinski definition) is 7. The number of likely N-dealkylation sites (N-methyl/N-ethyl adjacent to an activating group) is 1. The van der Waals surface area contributed by atoms with E-state index in [-0.39, 0.29) is 32.0 Å². The van der Waals surface area contributed by atoms with Crippen molar-refractivity contribution in [1.82, 2.24) is 0 Å². The molecule has 0 rings (SSSR count). The zero-order valence-corrected chi connectivity index (χ0v) is 47.8. The quantitative estimate of drug-likeness (QED) is 0.0211. The number of quaternary nitrogens is 1. The molecular weight excluding hydrogens is 918 g/mol. The Morgan fingerprint density at radius 3 is 1.11 bits per heavy atom. The third-order valence-corrected chi connectivity index (χ3v) is 13.1. The van der Waals surface area contributed by atoms with Crippen molar-refractivity contribution >= 4 is 19.8 Å². The second-order valence-electron chi connectivity index (χ2n) is 20.3. The van der Waals surface area contributed by atoms with Gasteiger partial charge in [-0.05, 0) is 89.9 Å². The van der Waals surface area contributed by atoms with Crippen molar-refractivity contribution in [3.8, 4) is 0 Å². The lowest BCUT2D eigenvalue weighted by atomic mass is 10.0. The Labute approximate surface area is 443 Å². The minimum atomic E-state index is -4.39. The number of rotatable bonds is 52. The zero-order valence-electron chi connectivity index (χ0n) is 46.9. The Morgan fingerprint density at radius 2 is 0.750 bits per heavy atom. The number of unbranched alkanes of at least 4 members (excludes halogenated alkanes) is 22. The monoisotopic (exact) mass is 1030 g/mol. The van der Waals surface area contributed by atoms with E-state index >= 15 is 0 Å². The highest BCUT2D eigenvalue weighted by atomic mass is 31.2. The predicted octanol–water partition coefficient (Wildman–Crippen LogP) is 18.0. The molecule has 9 nitrogen and oxygen atoms in total. The molecule has 10 heteroatoms. The zero-order chi connectivity index (χ0) is 52.7. The number of allylic oxidation sites excluding steroid dienone is 16. The molecule has 0 aliphatic heterocycles. The molecule has 0 aromatic carbocycles. The van der Waals surface area contributed by atoms with E-state index < -0.39 is 26.5 Å². The average Bonchev–Trinajstić information content (AvgIpc) is 3.34. The van der Waals surface area contributed by atoms with Crippen molar-refractivity contribution < 1.29 is 42.1 Å². The highest BCUT2D eigenvalue weighted by Gasteiger charge is 2.27. The van der Waals surface area contributed by atoms with Crippen LogP contribution in [0, 0.1) is 0 Å². The summed E-state index contributed by atoms with van der Waals surface area (Å²) in [5, 5.41) is 0. The SMILES string of the molecule is CC/C=C\C/C=C\C/C=C\C/C=C\CCCCCCCCCCCCCCCCCCC(=O)OC(COC(=O)CCCCCCCC/C=C\C/C=C\C/C=C\C/C=C\CC)COP(=O)(O)OCC[N+](C)(C)C. The van der Waals surface area contributed by atoms with E-state index in [0.29, 0.717) is 17.4 Å². The molecule has 0 bridgehead atoms. The van der Waals surface area contributed by atoms with Gasteiger partial charge in [-0.3, -0.25) is 18.6 Å². The van der Waals surface area contributed by atoms with Gasteiger partial charge < -0.3 is 18.9 Å². The first-order chi connectivity index (χ1) is 35.0. The number of nitrogens with zero attached hydrogens (tertiary/aromatic N) is 1. The van der Waals surface area contributed by atoms with Crippen LogP contribution in [0.1, 0.15) is 232 Å². The van der Waals surface area contributed by atoms with Gasteiger partial charge in [0.25, 0.3) is 0 Å². The lowest BCUT2D eigenvalue weighted by molar-refractivity contribution is -0.870. The van der Waals surface area contributed by atoms with Crippen molar-refractivity contribution in [1.29, 1.82) is 0 Å². The predicted molar refractivity (Wildman–Crippen MR) is 307 cm³/mol. The van der Waals surface area contributed by atoms with E-state index in [4.69, 9.17) is 18.5 Å². The Kier molecular flexibility index (Phi) is 50.5. The number of carbonyl (C=O) groups is 2. The van der Waals surface area contributed by atoms with Crippen LogP contribution in [0.5, 0.6) is 0 Å². The molecule has 0 spiro atoms. The standard InChI is InChI=1S/C62H108NO8P/c1-6-8-10-12-14-16-18-20-22-24-26-27-28-29-30-31-32-33-34-35-37-39-41-43-45-47-49-51-53-55-62(65)71-60(59-70-72(66,67)69-57-56-63(3,4)5)58-68-61(64)54-52-50-48-46-44-42-40-38-36-25-23-21-19-17-15-13-11-9-7-2/h8-11,14-17,20-23,26-27,36,38,60H,6-7,12-13,18-19,24-25,28-35,37,39-59H2,1-5H3/p+1/b10-8-,11-9-,16-14-,17-15-,22-20-,23-21-,27-26-,38-36-. The van der Waals surface area contributed by atoms with E-state index in [0.717, 1.165) is 109 Å². The first-order valence-corrected chi connectivity index (χ1v) is 30.5. The van der Waals surface area contributed by atoms with Crippen LogP contribution in [0.2, 0.25) is 0 Å². The molecule has 0 aromatic heterocycles. The minimum absolute atomic E-state index is 0.0254.